The molecule has 2 aromatic carbocycles. The lowest BCUT2D eigenvalue weighted by Gasteiger charge is -2.28. The summed E-state index contributed by atoms with van der Waals surface area (Å²) in [6.45, 7) is 5.40. The Bertz CT molecular complexity index is 784. The highest BCUT2D eigenvalue weighted by atomic mass is 35.5. The van der Waals surface area contributed by atoms with E-state index < -0.39 is 5.41 Å². The zero-order chi connectivity index (χ0) is 24.4. The minimum Gasteiger partial charge on any atom is -0.490 e. The summed E-state index contributed by atoms with van der Waals surface area (Å²) < 4.78 is 11.6. The lowest BCUT2D eigenvalue weighted by Crippen LogP contribution is -2.19. The van der Waals surface area contributed by atoms with Crippen LogP contribution in [0.15, 0.2) is 24.3 Å². The SMILES string of the molecule is CC(C)(c1cc(Cl)c(OCCCCCO)c(Cl)c1)c1cc(Cl)c(OCCCCCO)c(Cl)c1. The first-order valence-electron chi connectivity index (χ1n) is 11.2. The molecule has 0 spiro atoms. The van der Waals surface area contributed by atoms with Gasteiger partial charge in [-0.15, -0.1) is 0 Å². The monoisotopic (exact) mass is 536 g/mol. The van der Waals surface area contributed by atoms with Crippen LogP contribution in [0.25, 0.3) is 0 Å². The van der Waals surface area contributed by atoms with Crippen LogP contribution >= 0.6 is 46.4 Å². The second kappa shape index (κ2) is 13.9. The van der Waals surface area contributed by atoms with E-state index in [0.29, 0.717) is 44.8 Å². The topological polar surface area (TPSA) is 58.9 Å². The largest absolute Gasteiger partial charge is 0.490 e. The Morgan fingerprint density at radius 1 is 0.606 bits per heavy atom. The van der Waals surface area contributed by atoms with Crippen LogP contribution in [-0.4, -0.2) is 36.6 Å². The lowest BCUT2D eigenvalue weighted by molar-refractivity contribution is 0.266. The van der Waals surface area contributed by atoms with Gasteiger partial charge < -0.3 is 19.7 Å². The molecule has 0 aliphatic carbocycles. The molecule has 2 rings (SSSR count). The van der Waals surface area contributed by atoms with Crippen molar-refractivity contribution in [1.82, 2.24) is 0 Å². The van der Waals surface area contributed by atoms with Crippen molar-refractivity contribution in [3.05, 3.63) is 55.5 Å². The number of unbranched alkanes of at least 4 members (excludes halogenated alkanes) is 4. The number of hydrogen-bond acceptors (Lipinski definition) is 4. The number of rotatable bonds is 14. The molecule has 2 aromatic rings. The Labute approximate surface area is 216 Å². The molecule has 2 N–H and O–H groups in total. The van der Waals surface area contributed by atoms with E-state index in [1.165, 1.54) is 0 Å². The van der Waals surface area contributed by atoms with E-state index in [9.17, 15) is 0 Å². The van der Waals surface area contributed by atoms with E-state index in [0.717, 1.165) is 49.7 Å². The van der Waals surface area contributed by atoms with Crippen LogP contribution in [0.3, 0.4) is 0 Å². The van der Waals surface area contributed by atoms with Crippen molar-refractivity contribution in [2.45, 2.75) is 57.8 Å². The first-order chi connectivity index (χ1) is 15.7. The Kier molecular flexibility index (Phi) is 11.9. The van der Waals surface area contributed by atoms with Gasteiger partial charge in [0.25, 0.3) is 0 Å². The predicted molar refractivity (Wildman–Crippen MR) is 138 cm³/mol. The Balaban J connectivity index is 2.18. The maximum Gasteiger partial charge on any atom is 0.156 e. The third-order valence-corrected chi connectivity index (χ3v) is 6.66. The van der Waals surface area contributed by atoms with Crippen LogP contribution in [0.5, 0.6) is 11.5 Å². The normalized spacial score (nSPS) is 11.6. The van der Waals surface area contributed by atoms with Gasteiger partial charge in [-0.3, -0.25) is 0 Å². The fourth-order valence-corrected chi connectivity index (χ4v) is 4.61. The van der Waals surface area contributed by atoms with Crippen LogP contribution in [-0.2, 0) is 5.41 Å². The maximum absolute atomic E-state index is 8.87. The molecule has 33 heavy (non-hydrogen) atoms. The summed E-state index contributed by atoms with van der Waals surface area (Å²) in [5, 5.41) is 19.5. The van der Waals surface area contributed by atoms with Gasteiger partial charge in [-0.25, -0.2) is 0 Å². The maximum atomic E-state index is 8.87. The number of halogens is 4. The van der Waals surface area contributed by atoms with Gasteiger partial charge in [0.05, 0.1) is 33.3 Å². The fraction of sp³-hybridized carbons (Fsp3) is 0.520. The second-order valence-electron chi connectivity index (χ2n) is 8.43. The summed E-state index contributed by atoms with van der Waals surface area (Å²) in [5.74, 6) is 0.922. The molecule has 0 saturated carbocycles. The van der Waals surface area contributed by atoms with E-state index >= 15 is 0 Å². The standard InChI is InChI=1S/C25H32Cl4O4/c1-25(2,17-13-19(26)23(20(27)14-17)32-11-7-3-5-9-30)18-15-21(28)24(22(29)16-18)33-12-8-4-6-10-31/h13-16,30-31H,3-12H2,1-2H3. The Hall–Kier alpha value is -0.880. The third kappa shape index (κ3) is 8.09. The molecule has 0 heterocycles. The summed E-state index contributed by atoms with van der Waals surface area (Å²) in [4.78, 5) is 0. The first-order valence-corrected chi connectivity index (χ1v) is 12.7. The van der Waals surface area contributed by atoms with Crippen molar-refractivity contribution in [2.75, 3.05) is 26.4 Å². The minimum absolute atomic E-state index is 0.178. The number of benzene rings is 2. The van der Waals surface area contributed by atoms with Crippen LogP contribution in [0.1, 0.15) is 63.5 Å². The highest BCUT2D eigenvalue weighted by molar-refractivity contribution is 6.38. The van der Waals surface area contributed by atoms with E-state index in [1.807, 2.05) is 38.1 Å². The van der Waals surface area contributed by atoms with E-state index in [-0.39, 0.29) is 13.2 Å². The fourth-order valence-electron chi connectivity index (χ4n) is 3.41. The molecule has 0 bridgehead atoms. The molecule has 0 saturated heterocycles. The van der Waals surface area contributed by atoms with Crippen LogP contribution < -0.4 is 9.47 Å². The van der Waals surface area contributed by atoms with Crippen LogP contribution in [0.2, 0.25) is 20.1 Å². The molecule has 0 radical (unpaired) electrons. The molecule has 0 aliphatic rings. The molecule has 0 aromatic heterocycles. The van der Waals surface area contributed by atoms with Crippen molar-refractivity contribution >= 4 is 46.4 Å². The molecule has 184 valence electrons. The van der Waals surface area contributed by atoms with Gasteiger partial charge in [-0.1, -0.05) is 60.3 Å². The Morgan fingerprint density at radius 2 is 0.939 bits per heavy atom. The highest BCUT2D eigenvalue weighted by Gasteiger charge is 2.27. The van der Waals surface area contributed by atoms with Gasteiger partial charge in [0.15, 0.2) is 11.5 Å². The second-order valence-corrected chi connectivity index (χ2v) is 10.1. The third-order valence-electron chi connectivity index (χ3n) is 5.54. The zero-order valence-electron chi connectivity index (χ0n) is 19.1. The molecule has 0 atom stereocenters. The Morgan fingerprint density at radius 3 is 1.24 bits per heavy atom. The van der Waals surface area contributed by atoms with Crippen molar-refractivity contribution in [1.29, 1.82) is 0 Å². The molecular formula is C25H32Cl4O4. The predicted octanol–water partition coefficient (Wildman–Crippen LogP) is 7.71. The van der Waals surface area contributed by atoms with Gasteiger partial charge in [-0.2, -0.15) is 0 Å². The summed E-state index contributed by atoms with van der Waals surface area (Å²) in [5.41, 5.74) is 1.31. The highest BCUT2D eigenvalue weighted by Crippen LogP contribution is 2.43. The van der Waals surface area contributed by atoms with Crippen molar-refractivity contribution in [3.63, 3.8) is 0 Å². The quantitative estimate of drug-likeness (QED) is 0.242. The molecule has 8 heteroatoms. The summed E-state index contributed by atoms with van der Waals surface area (Å²) in [6.07, 6.45) is 4.87. The number of ether oxygens (including phenoxy) is 2. The molecule has 0 unspecified atom stereocenters. The van der Waals surface area contributed by atoms with E-state index in [4.69, 9.17) is 66.1 Å². The van der Waals surface area contributed by atoms with Gasteiger partial charge in [-0.05, 0) is 73.9 Å². The number of hydrogen-bond donors (Lipinski definition) is 2. The molecule has 4 nitrogen and oxygen atoms in total. The summed E-state index contributed by atoms with van der Waals surface area (Å²) in [7, 11) is 0. The van der Waals surface area contributed by atoms with Crippen LogP contribution in [0, 0.1) is 0 Å². The van der Waals surface area contributed by atoms with Gasteiger partial charge in [0.2, 0.25) is 0 Å². The van der Waals surface area contributed by atoms with Gasteiger partial charge in [0.1, 0.15) is 0 Å². The molecule has 0 amide bonds. The molecule has 0 aliphatic heterocycles. The van der Waals surface area contributed by atoms with Crippen molar-refractivity contribution in [2.24, 2.45) is 0 Å². The van der Waals surface area contributed by atoms with E-state index in [1.54, 1.807) is 0 Å². The minimum atomic E-state index is -0.486. The summed E-state index contributed by atoms with van der Waals surface area (Å²) in [6, 6.07) is 7.40. The average Bonchev–Trinajstić information content (AvgIpc) is 2.76. The lowest BCUT2D eigenvalue weighted by atomic mass is 9.78. The number of aliphatic hydroxyl groups excluding tert-OH is 2. The zero-order valence-corrected chi connectivity index (χ0v) is 22.1. The molecule has 0 fully saturated rings. The van der Waals surface area contributed by atoms with E-state index in [2.05, 4.69) is 0 Å². The van der Waals surface area contributed by atoms with Gasteiger partial charge >= 0.3 is 0 Å². The smallest absolute Gasteiger partial charge is 0.156 e. The summed E-state index contributed by atoms with van der Waals surface area (Å²) >= 11 is 26.0. The van der Waals surface area contributed by atoms with Crippen molar-refractivity contribution < 1.29 is 19.7 Å². The number of aliphatic hydroxyl groups is 2. The van der Waals surface area contributed by atoms with Crippen LogP contribution in [0.4, 0.5) is 0 Å². The molecular weight excluding hydrogens is 506 g/mol. The van der Waals surface area contributed by atoms with Crippen molar-refractivity contribution in [3.8, 4) is 11.5 Å². The first kappa shape index (κ1) is 28.4. The van der Waals surface area contributed by atoms with Gasteiger partial charge in [0, 0.05) is 18.6 Å². The average molecular weight is 538 g/mol.